The first-order chi connectivity index (χ1) is 17.1. The van der Waals surface area contributed by atoms with Gasteiger partial charge in [-0.25, -0.2) is 0 Å². The van der Waals surface area contributed by atoms with Crippen LogP contribution in [-0.4, -0.2) is 48.3 Å². The van der Waals surface area contributed by atoms with E-state index in [4.69, 9.17) is 13.8 Å². The molecule has 0 heterocycles. The van der Waals surface area contributed by atoms with Crippen LogP contribution in [0.4, 0.5) is 0 Å². The van der Waals surface area contributed by atoms with E-state index in [2.05, 4.69) is 0 Å². The molecule has 1 unspecified atom stereocenters. The van der Waals surface area contributed by atoms with Crippen LogP contribution in [-0.2, 0) is 21.6 Å². The normalized spacial score (nSPS) is 12.2. The second kappa shape index (κ2) is 11.7. The van der Waals surface area contributed by atoms with E-state index in [1.807, 2.05) is 0 Å². The van der Waals surface area contributed by atoms with Crippen LogP contribution in [0.3, 0.4) is 0 Å². The molecule has 0 aliphatic carbocycles. The topological polar surface area (TPSA) is 172 Å². The molecule has 3 aromatic carbocycles. The summed E-state index contributed by atoms with van der Waals surface area (Å²) in [5, 5.41) is 39.5. The standard InChI is InChI=1S/C24H25NO10S/c1-33-22-11-9-16(12-21(22)30)18(27)10-8-15-6-7-17(13-20(15)29)24(14-26)34-25-36(31,32)35-23-5-3-2-4-19(23)28/h2-7,9,11-13,24-26,28-30H,8,10,14H2,1H3. The summed E-state index contributed by atoms with van der Waals surface area (Å²) in [6.45, 7) is -0.642. The summed E-state index contributed by atoms with van der Waals surface area (Å²) in [6, 6.07) is 14.0. The number of ether oxygens (including phenoxy) is 1. The molecule has 11 nitrogen and oxygen atoms in total. The van der Waals surface area contributed by atoms with Crippen LogP contribution in [0.25, 0.3) is 0 Å². The van der Waals surface area contributed by atoms with Gasteiger partial charge in [0.05, 0.1) is 13.7 Å². The SMILES string of the molecule is COc1ccc(C(=O)CCc2ccc(C(CO)ONS(=O)(=O)Oc3ccccc3O)cc2O)cc1O. The highest BCUT2D eigenvalue weighted by molar-refractivity contribution is 7.84. The molecule has 0 saturated carbocycles. The lowest BCUT2D eigenvalue weighted by Gasteiger charge is -2.17. The van der Waals surface area contributed by atoms with Crippen LogP contribution in [0.2, 0.25) is 0 Å². The molecule has 192 valence electrons. The first-order valence-electron chi connectivity index (χ1n) is 10.6. The van der Waals surface area contributed by atoms with Crippen LogP contribution in [0.5, 0.6) is 28.7 Å². The number of para-hydroxylation sites is 2. The number of hydrogen-bond donors (Lipinski definition) is 5. The monoisotopic (exact) mass is 519 g/mol. The summed E-state index contributed by atoms with van der Waals surface area (Å²) < 4.78 is 33.9. The fourth-order valence-electron chi connectivity index (χ4n) is 3.24. The number of ketones is 1. The largest absolute Gasteiger partial charge is 0.508 e. The van der Waals surface area contributed by atoms with Crippen molar-refractivity contribution in [3.8, 4) is 28.7 Å². The van der Waals surface area contributed by atoms with E-state index in [0.717, 1.165) is 0 Å². The number of Topliss-reactive ketones (excluding diaryl/α,β-unsaturated/α-hetero) is 1. The van der Waals surface area contributed by atoms with Crippen molar-refractivity contribution >= 4 is 16.1 Å². The summed E-state index contributed by atoms with van der Waals surface area (Å²) >= 11 is 0. The van der Waals surface area contributed by atoms with E-state index in [0.29, 0.717) is 5.56 Å². The molecule has 1 atom stereocenters. The van der Waals surface area contributed by atoms with Crippen molar-refractivity contribution in [1.82, 2.24) is 4.89 Å². The predicted molar refractivity (Wildman–Crippen MR) is 127 cm³/mol. The van der Waals surface area contributed by atoms with Gasteiger partial charge >= 0.3 is 10.3 Å². The maximum absolute atomic E-state index is 12.5. The van der Waals surface area contributed by atoms with E-state index < -0.39 is 28.8 Å². The second-order valence-corrected chi connectivity index (χ2v) is 8.82. The van der Waals surface area contributed by atoms with Gasteiger partial charge < -0.3 is 29.3 Å². The number of rotatable bonds is 12. The van der Waals surface area contributed by atoms with E-state index in [1.54, 1.807) is 4.89 Å². The van der Waals surface area contributed by atoms with Gasteiger partial charge in [-0.2, -0.15) is 8.42 Å². The third-order valence-electron chi connectivity index (χ3n) is 5.13. The lowest BCUT2D eigenvalue weighted by atomic mass is 9.99. The second-order valence-electron chi connectivity index (χ2n) is 7.58. The Hall–Kier alpha value is -3.84. The Kier molecular flexibility index (Phi) is 8.72. The number of nitrogens with one attached hydrogen (secondary N) is 1. The summed E-state index contributed by atoms with van der Waals surface area (Å²) in [6.07, 6.45) is -0.970. The Morgan fingerprint density at radius 2 is 1.69 bits per heavy atom. The quantitative estimate of drug-likeness (QED) is 0.177. The maximum Gasteiger partial charge on any atom is 0.405 e. The Morgan fingerprint density at radius 3 is 2.33 bits per heavy atom. The van der Waals surface area contributed by atoms with Crippen molar-refractivity contribution in [3.05, 3.63) is 77.4 Å². The summed E-state index contributed by atoms with van der Waals surface area (Å²) in [4.78, 5) is 19.2. The minimum atomic E-state index is -4.51. The van der Waals surface area contributed by atoms with Crippen LogP contribution in [0.1, 0.15) is 34.0 Å². The maximum atomic E-state index is 12.5. The van der Waals surface area contributed by atoms with Gasteiger partial charge in [-0.3, -0.25) is 9.63 Å². The van der Waals surface area contributed by atoms with Crippen molar-refractivity contribution in [2.24, 2.45) is 0 Å². The molecule has 5 N–H and O–H groups in total. The average molecular weight is 520 g/mol. The van der Waals surface area contributed by atoms with E-state index in [1.165, 1.54) is 67.8 Å². The number of aryl methyl sites for hydroxylation is 1. The third-order valence-corrected chi connectivity index (χ3v) is 5.83. The predicted octanol–water partition coefficient (Wildman–Crippen LogP) is 2.51. The summed E-state index contributed by atoms with van der Waals surface area (Å²) in [7, 11) is -3.11. The lowest BCUT2D eigenvalue weighted by molar-refractivity contribution is -0.0206. The van der Waals surface area contributed by atoms with Gasteiger partial charge in [-0.15, -0.1) is 0 Å². The molecule has 3 rings (SSSR count). The molecular weight excluding hydrogens is 494 g/mol. The molecule has 0 bridgehead atoms. The molecule has 36 heavy (non-hydrogen) atoms. The number of carbonyl (C=O) groups excluding carboxylic acids is 1. The Morgan fingerprint density at radius 1 is 0.944 bits per heavy atom. The molecule has 0 aromatic heterocycles. The zero-order chi connectivity index (χ0) is 26.3. The van der Waals surface area contributed by atoms with Crippen molar-refractivity contribution in [1.29, 1.82) is 0 Å². The van der Waals surface area contributed by atoms with E-state index in [9.17, 15) is 33.6 Å². The molecule has 0 saturated heterocycles. The van der Waals surface area contributed by atoms with Crippen molar-refractivity contribution in [2.45, 2.75) is 18.9 Å². The Balaban J connectivity index is 1.61. The van der Waals surface area contributed by atoms with Crippen LogP contribution in [0, 0.1) is 0 Å². The highest BCUT2D eigenvalue weighted by Gasteiger charge is 2.21. The lowest BCUT2D eigenvalue weighted by Crippen LogP contribution is -2.31. The number of phenols is 3. The number of methoxy groups -OCH3 is 1. The molecular formula is C24H25NO10S. The molecule has 0 spiro atoms. The van der Waals surface area contributed by atoms with Crippen molar-refractivity contribution in [2.75, 3.05) is 13.7 Å². The highest BCUT2D eigenvalue weighted by Crippen LogP contribution is 2.29. The van der Waals surface area contributed by atoms with Crippen LogP contribution < -0.4 is 13.8 Å². The minimum Gasteiger partial charge on any atom is -0.508 e. The number of phenolic OH excluding ortho intramolecular Hbond substituents is 3. The minimum absolute atomic E-state index is 0.0437. The van der Waals surface area contributed by atoms with Crippen molar-refractivity contribution < 1.29 is 47.4 Å². The van der Waals surface area contributed by atoms with Gasteiger partial charge in [-0.1, -0.05) is 29.2 Å². The zero-order valence-electron chi connectivity index (χ0n) is 19.1. The van der Waals surface area contributed by atoms with Gasteiger partial charge in [0.15, 0.2) is 28.8 Å². The molecule has 0 aliphatic rings. The van der Waals surface area contributed by atoms with Gasteiger partial charge in [0.2, 0.25) is 0 Å². The summed E-state index contributed by atoms with van der Waals surface area (Å²) in [5.74, 6) is -1.08. The highest BCUT2D eigenvalue weighted by atomic mass is 32.2. The Bertz CT molecular complexity index is 1330. The zero-order valence-corrected chi connectivity index (χ0v) is 19.9. The number of benzene rings is 3. The smallest absolute Gasteiger partial charge is 0.405 e. The van der Waals surface area contributed by atoms with Gasteiger partial charge in [0.1, 0.15) is 11.9 Å². The molecule has 0 amide bonds. The third kappa shape index (κ3) is 6.86. The number of hydrogen-bond acceptors (Lipinski definition) is 10. The molecule has 0 aliphatic heterocycles. The molecule has 12 heteroatoms. The summed E-state index contributed by atoms with van der Waals surface area (Å²) in [5.41, 5.74) is 0.969. The molecule has 0 radical (unpaired) electrons. The van der Waals surface area contributed by atoms with Crippen molar-refractivity contribution in [3.63, 3.8) is 0 Å². The first kappa shape index (κ1) is 26.8. The van der Waals surface area contributed by atoms with Gasteiger partial charge in [-0.05, 0) is 53.9 Å². The van der Waals surface area contributed by atoms with Gasteiger partial charge in [0.25, 0.3) is 0 Å². The van der Waals surface area contributed by atoms with Crippen LogP contribution >= 0.6 is 0 Å². The Labute approximate surface area is 207 Å². The fraction of sp³-hybridized carbons (Fsp3) is 0.208. The molecule has 0 fully saturated rings. The van der Waals surface area contributed by atoms with Gasteiger partial charge in [0, 0.05) is 12.0 Å². The van der Waals surface area contributed by atoms with E-state index in [-0.39, 0.29) is 52.7 Å². The fourth-order valence-corrected chi connectivity index (χ4v) is 3.88. The number of aliphatic hydroxyl groups is 1. The number of aromatic hydroxyl groups is 3. The van der Waals surface area contributed by atoms with Crippen LogP contribution in [0.15, 0.2) is 60.7 Å². The molecule has 3 aromatic rings. The number of aliphatic hydroxyl groups excluding tert-OH is 1. The number of carbonyl (C=O) groups is 1. The van der Waals surface area contributed by atoms with E-state index >= 15 is 0 Å². The first-order valence-corrected chi connectivity index (χ1v) is 12.0. The average Bonchev–Trinajstić information content (AvgIpc) is 2.85.